The summed E-state index contributed by atoms with van der Waals surface area (Å²) in [5.41, 5.74) is 1.55. The molecule has 4 rings (SSSR count). The zero-order valence-electron chi connectivity index (χ0n) is 17.0. The Labute approximate surface area is 175 Å². The summed E-state index contributed by atoms with van der Waals surface area (Å²) in [5.74, 6) is 1.27. The maximum absolute atomic E-state index is 11.9. The molecule has 0 bridgehead atoms. The summed E-state index contributed by atoms with van der Waals surface area (Å²) in [7, 11) is 0. The van der Waals surface area contributed by atoms with Crippen molar-refractivity contribution in [1.29, 1.82) is 0 Å². The predicted molar refractivity (Wildman–Crippen MR) is 114 cm³/mol. The van der Waals surface area contributed by atoms with Gasteiger partial charge < -0.3 is 10.1 Å². The second-order valence-electron chi connectivity index (χ2n) is 7.40. The smallest absolute Gasteiger partial charge is 0.320 e. The standard InChI is InChI=1S/C22H26N6O2/c1-2-30-19(29)16-28-14-10-22(11-15-28,25-18-6-4-3-5-7-18)21-24-20(26-27-21)17-8-12-23-13-9-17/h3-9,12-13,25H,2,10-11,14-16H2,1H3,(H,24,26,27). The van der Waals surface area contributed by atoms with E-state index >= 15 is 0 Å². The van der Waals surface area contributed by atoms with Gasteiger partial charge in [0.2, 0.25) is 0 Å². The van der Waals surface area contributed by atoms with Gasteiger partial charge in [0.15, 0.2) is 11.6 Å². The molecule has 1 aliphatic rings. The number of anilines is 1. The number of nitrogens with one attached hydrogen (secondary N) is 2. The van der Waals surface area contributed by atoms with Gasteiger partial charge in [-0.05, 0) is 44.0 Å². The number of likely N-dealkylation sites (tertiary alicyclic amines) is 1. The van der Waals surface area contributed by atoms with E-state index in [0.717, 1.165) is 43.0 Å². The van der Waals surface area contributed by atoms with Crippen LogP contribution in [-0.4, -0.2) is 57.3 Å². The molecular formula is C22H26N6O2. The van der Waals surface area contributed by atoms with Crippen LogP contribution in [0, 0.1) is 0 Å². The highest BCUT2D eigenvalue weighted by atomic mass is 16.5. The summed E-state index contributed by atoms with van der Waals surface area (Å²) in [5, 5.41) is 11.3. The lowest BCUT2D eigenvalue weighted by molar-refractivity contribution is -0.144. The molecule has 156 valence electrons. The molecule has 0 radical (unpaired) electrons. The van der Waals surface area contributed by atoms with Crippen molar-refractivity contribution in [3.63, 3.8) is 0 Å². The van der Waals surface area contributed by atoms with Gasteiger partial charge in [-0.1, -0.05) is 18.2 Å². The van der Waals surface area contributed by atoms with Gasteiger partial charge in [-0.15, -0.1) is 0 Å². The van der Waals surface area contributed by atoms with E-state index in [0.29, 0.717) is 19.0 Å². The maximum Gasteiger partial charge on any atom is 0.320 e. The quantitative estimate of drug-likeness (QED) is 0.583. The van der Waals surface area contributed by atoms with Crippen molar-refractivity contribution in [2.75, 3.05) is 31.6 Å². The third-order valence-electron chi connectivity index (χ3n) is 5.40. The Balaban J connectivity index is 1.57. The van der Waals surface area contributed by atoms with Crippen LogP contribution in [0.1, 0.15) is 25.6 Å². The Bertz CT molecular complexity index is 952. The molecule has 0 unspecified atom stereocenters. The van der Waals surface area contributed by atoms with Crippen LogP contribution in [0.25, 0.3) is 11.4 Å². The second kappa shape index (κ2) is 9.04. The molecule has 8 heteroatoms. The lowest BCUT2D eigenvalue weighted by Crippen LogP contribution is -2.49. The lowest BCUT2D eigenvalue weighted by Gasteiger charge is -2.41. The Kier molecular flexibility index (Phi) is 6.04. The van der Waals surface area contributed by atoms with Gasteiger partial charge in [-0.2, -0.15) is 5.10 Å². The summed E-state index contributed by atoms with van der Waals surface area (Å²) >= 11 is 0. The number of ether oxygens (including phenoxy) is 1. The molecule has 1 aliphatic heterocycles. The number of hydrogen-bond acceptors (Lipinski definition) is 7. The second-order valence-corrected chi connectivity index (χ2v) is 7.40. The topological polar surface area (TPSA) is 96.0 Å². The molecule has 0 saturated carbocycles. The van der Waals surface area contributed by atoms with Gasteiger partial charge in [0.1, 0.15) is 0 Å². The number of aromatic nitrogens is 4. The molecule has 0 spiro atoms. The molecule has 2 N–H and O–H groups in total. The van der Waals surface area contributed by atoms with E-state index in [9.17, 15) is 4.79 Å². The lowest BCUT2D eigenvalue weighted by atomic mass is 9.86. The number of carbonyl (C=O) groups excluding carboxylic acids is 1. The number of aromatic amines is 1. The van der Waals surface area contributed by atoms with E-state index in [4.69, 9.17) is 9.72 Å². The number of nitrogens with zero attached hydrogens (tertiary/aromatic N) is 4. The summed E-state index contributed by atoms with van der Waals surface area (Å²) in [4.78, 5) is 22.9. The van der Waals surface area contributed by atoms with Crippen molar-refractivity contribution in [2.45, 2.75) is 25.3 Å². The van der Waals surface area contributed by atoms with Crippen LogP contribution in [0.3, 0.4) is 0 Å². The number of rotatable bonds is 7. The molecule has 3 heterocycles. The van der Waals surface area contributed by atoms with Crippen LogP contribution in [0.5, 0.6) is 0 Å². The van der Waals surface area contributed by atoms with E-state index in [1.165, 1.54) is 0 Å². The molecular weight excluding hydrogens is 380 g/mol. The number of carbonyl (C=O) groups is 1. The van der Waals surface area contributed by atoms with Gasteiger partial charge >= 0.3 is 5.97 Å². The van der Waals surface area contributed by atoms with Crippen molar-refractivity contribution >= 4 is 11.7 Å². The minimum atomic E-state index is -0.398. The van der Waals surface area contributed by atoms with Crippen LogP contribution < -0.4 is 5.32 Å². The fourth-order valence-electron chi connectivity index (χ4n) is 3.81. The molecule has 1 aromatic carbocycles. The van der Waals surface area contributed by atoms with Crippen LogP contribution >= 0.6 is 0 Å². The van der Waals surface area contributed by atoms with Crippen LogP contribution in [-0.2, 0) is 15.1 Å². The van der Waals surface area contributed by atoms with Gasteiger partial charge in [-0.25, -0.2) is 4.98 Å². The number of para-hydroxylation sites is 1. The number of H-pyrrole nitrogens is 1. The summed E-state index contributed by atoms with van der Waals surface area (Å²) in [6.45, 7) is 4.05. The first-order chi connectivity index (χ1) is 14.7. The largest absolute Gasteiger partial charge is 0.465 e. The molecule has 0 amide bonds. The number of piperidine rings is 1. The van der Waals surface area contributed by atoms with Crippen molar-refractivity contribution in [2.24, 2.45) is 0 Å². The number of esters is 1. The van der Waals surface area contributed by atoms with E-state index in [-0.39, 0.29) is 5.97 Å². The van der Waals surface area contributed by atoms with Crippen molar-refractivity contribution < 1.29 is 9.53 Å². The molecule has 1 saturated heterocycles. The minimum Gasteiger partial charge on any atom is -0.465 e. The van der Waals surface area contributed by atoms with Crippen molar-refractivity contribution in [3.05, 3.63) is 60.7 Å². The van der Waals surface area contributed by atoms with Crippen LogP contribution in [0.15, 0.2) is 54.9 Å². The Hall–Kier alpha value is -3.26. The van der Waals surface area contributed by atoms with E-state index < -0.39 is 5.54 Å². The predicted octanol–water partition coefficient (Wildman–Crippen LogP) is 2.83. The van der Waals surface area contributed by atoms with E-state index in [2.05, 4.69) is 25.4 Å². The maximum atomic E-state index is 11.9. The zero-order chi connectivity index (χ0) is 20.8. The summed E-state index contributed by atoms with van der Waals surface area (Å²) in [6, 6.07) is 13.9. The third-order valence-corrected chi connectivity index (χ3v) is 5.40. The average Bonchev–Trinajstić information content (AvgIpc) is 3.28. The van der Waals surface area contributed by atoms with Gasteiger partial charge in [0, 0.05) is 36.7 Å². The Morgan fingerprint density at radius 1 is 1.17 bits per heavy atom. The highest BCUT2D eigenvalue weighted by molar-refractivity contribution is 5.71. The van der Waals surface area contributed by atoms with E-state index in [1.807, 2.05) is 49.4 Å². The molecule has 0 atom stereocenters. The SMILES string of the molecule is CCOC(=O)CN1CCC(Nc2ccccc2)(c2nc(-c3ccncc3)n[nH]2)CC1. The number of hydrogen-bond donors (Lipinski definition) is 2. The molecule has 0 aliphatic carbocycles. The highest BCUT2D eigenvalue weighted by Gasteiger charge is 2.39. The van der Waals surface area contributed by atoms with Crippen LogP contribution in [0.4, 0.5) is 5.69 Å². The molecule has 3 aromatic rings. The molecule has 30 heavy (non-hydrogen) atoms. The van der Waals surface area contributed by atoms with Crippen molar-refractivity contribution in [1.82, 2.24) is 25.1 Å². The Morgan fingerprint density at radius 2 is 1.90 bits per heavy atom. The first-order valence-corrected chi connectivity index (χ1v) is 10.2. The molecule has 8 nitrogen and oxygen atoms in total. The fourth-order valence-corrected chi connectivity index (χ4v) is 3.81. The van der Waals surface area contributed by atoms with Crippen LogP contribution in [0.2, 0.25) is 0 Å². The highest BCUT2D eigenvalue weighted by Crippen LogP contribution is 2.35. The van der Waals surface area contributed by atoms with Crippen molar-refractivity contribution in [3.8, 4) is 11.4 Å². The minimum absolute atomic E-state index is 0.180. The molecule has 1 fully saturated rings. The normalized spacial score (nSPS) is 16.2. The summed E-state index contributed by atoms with van der Waals surface area (Å²) < 4.78 is 5.10. The number of benzene rings is 1. The fraction of sp³-hybridized carbons (Fsp3) is 0.364. The number of pyridine rings is 1. The Morgan fingerprint density at radius 3 is 2.60 bits per heavy atom. The monoisotopic (exact) mass is 406 g/mol. The van der Waals surface area contributed by atoms with Gasteiger partial charge in [0.25, 0.3) is 0 Å². The summed E-state index contributed by atoms with van der Waals surface area (Å²) in [6.07, 6.45) is 5.03. The van der Waals surface area contributed by atoms with Gasteiger partial charge in [-0.3, -0.25) is 19.8 Å². The third kappa shape index (κ3) is 4.49. The van der Waals surface area contributed by atoms with E-state index in [1.54, 1.807) is 12.4 Å². The zero-order valence-corrected chi connectivity index (χ0v) is 17.0. The average molecular weight is 406 g/mol. The first-order valence-electron chi connectivity index (χ1n) is 10.2. The first kappa shape index (κ1) is 20.0. The molecule has 2 aromatic heterocycles. The van der Waals surface area contributed by atoms with Gasteiger partial charge in [0.05, 0.1) is 18.7 Å².